The Labute approximate surface area is 144 Å². The van der Waals surface area contributed by atoms with Crippen LogP contribution in [0.1, 0.15) is 30.3 Å². The number of hydrogen-bond acceptors (Lipinski definition) is 4. The predicted molar refractivity (Wildman–Crippen MR) is 89.3 cm³/mol. The number of likely N-dealkylation sites (tertiary alicyclic amines) is 1. The van der Waals surface area contributed by atoms with Crippen molar-refractivity contribution in [2.45, 2.75) is 25.8 Å². The molecule has 2 amide bonds. The maximum Gasteiger partial charge on any atom is 0.409 e. The van der Waals surface area contributed by atoms with Gasteiger partial charge in [0.2, 0.25) is 0 Å². The van der Waals surface area contributed by atoms with E-state index in [2.05, 4.69) is 10.3 Å². The van der Waals surface area contributed by atoms with Crippen LogP contribution in [0.2, 0.25) is 5.02 Å². The number of piperidine rings is 1. The minimum atomic E-state index is -0.292. The van der Waals surface area contributed by atoms with E-state index in [1.54, 1.807) is 40.8 Å². The van der Waals surface area contributed by atoms with Crippen molar-refractivity contribution in [2.75, 3.05) is 19.7 Å². The number of hydrogen-bond donors (Lipinski definition) is 1. The van der Waals surface area contributed by atoms with Gasteiger partial charge in [-0.05, 0) is 31.9 Å². The quantitative estimate of drug-likeness (QED) is 0.921. The topological polar surface area (TPSA) is 75.9 Å². The summed E-state index contributed by atoms with van der Waals surface area (Å²) < 4.78 is 6.71. The second kappa shape index (κ2) is 7.09. The zero-order valence-electron chi connectivity index (χ0n) is 13.4. The molecule has 3 rings (SSSR count). The number of carbonyl (C=O) groups excluding carboxylic acids is 2. The van der Waals surface area contributed by atoms with Crippen molar-refractivity contribution in [2.24, 2.45) is 0 Å². The predicted octanol–water partition coefficient (Wildman–Crippen LogP) is 2.34. The van der Waals surface area contributed by atoms with E-state index in [-0.39, 0.29) is 18.0 Å². The van der Waals surface area contributed by atoms with Crippen molar-refractivity contribution in [3.8, 4) is 0 Å². The maximum atomic E-state index is 12.4. The summed E-state index contributed by atoms with van der Waals surface area (Å²) >= 11 is 5.93. The fraction of sp³-hybridized carbons (Fsp3) is 0.438. The van der Waals surface area contributed by atoms with Crippen LogP contribution in [-0.2, 0) is 4.74 Å². The second-order valence-electron chi connectivity index (χ2n) is 5.67. The van der Waals surface area contributed by atoms with Crippen molar-refractivity contribution in [1.29, 1.82) is 0 Å². The normalized spacial score (nSPS) is 15.5. The van der Waals surface area contributed by atoms with Crippen LogP contribution >= 0.6 is 11.6 Å². The highest BCUT2D eigenvalue weighted by Crippen LogP contribution is 2.14. The molecule has 1 N–H and O–H groups in total. The molecule has 128 valence electrons. The third kappa shape index (κ3) is 3.62. The summed E-state index contributed by atoms with van der Waals surface area (Å²) in [5.74, 6) is -0.218. The van der Waals surface area contributed by atoms with Crippen LogP contribution in [0.25, 0.3) is 5.65 Å². The smallest absolute Gasteiger partial charge is 0.409 e. The Kier molecular flexibility index (Phi) is 4.89. The summed E-state index contributed by atoms with van der Waals surface area (Å²) in [4.78, 5) is 30.0. The Morgan fingerprint density at radius 2 is 2.08 bits per heavy atom. The SMILES string of the molecule is CCOC(=O)N1CCC(NC(=O)c2cn3cc(Cl)ccc3n2)CC1. The highest BCUT2D eigenvalue weighted by molar-refractivity contribution is 6.30. The molecule has 0 saturated carbocycles. The monoisotopic (exact) mass is 350 g/mol. The van der Waals surface area contributed by atoms with Gasteiger partial charge in [-0.25, -0.2) is 9.78 Å². The first kappa shape index (κ1) is 16.6. The highest BCUT2D eigenvalue weighted by Gasteiger charge is 2.25. The average Bonchev–Trinajstić information content (AvgIpc) is 2.99. The molecule has 1 aliphatic rings. The number of ether oxygens (including phenoxy) is 1. The summed E-state index contributed by atoms with van der Waals surface area (Å²) in [5.41, 5.74) is 1.02. The minimum Gasteiger partial charge on any atom is -0.450 e. The van der Waals surface area contributed by atoms with Gasteiger partial charge in [-0.3, -0.25) is 4.79 Å². The van der Waals surface area contributed by atoms with Gasteiger partial charge in [0, 0.05) is 31.5 Å². The Balaban J connectivity index is 1.58. The molecule has 2 aromatic rings. The maximum absolute atomic E-state index is 12.4. The standard InChI is InChI=1S/C16H19ClN4O3/c1-2-24-16(23)20-7-5-12(6-8-20)18-15(22)13-10-21-9-11(17)3-4-14(21)19-13/h3-4,9-10,12H,2,5-8H2,1H3,(H,18,22). The number of halogens is 1. The van der Waals surface area contributed by atoms with Gasteiger partial charge >= 0.3 is 6.09 Å². The average molecular weight is 351 g/mol. The molecule has 8 heteroatoms. The fourth-order valence-corrected chi connectivity index (χ4v) is 2.92. The van der Waals surface area contributed by atoms with Crippen molar-refractivity contribution < 1.29 is 14.3 Å². The summed E-state index contributed by atoms with van der Waals surface area (Å²) in [5, 5.41) is 3.56. The zero-order chi connectivity index (χ0) is 17.1. The number of rotatable bonds is 3. The Morgan fingerprint density at radius 3 is 2.79 bits per heavy atom. The lowest BCUT2D eigenvalue weighted by Gasteiger charge is -2.31. The lowest BCUT2D eigenvalue weighted by molar-refractivity contribution is 0.0857. The van der Waals surface area contributed by atoms with Crippen LogP contribution in [0.4, 0.5) is 4.79 Å². The van der Waals surface area contributed by atoms with E-state index >= 15 is 0 Å². The van der Waals surface area contributed by atoms with Crippen molar-refractivity contribution >= 4 is 29.2 Å². The first-order valence-corrected chi connectivity index (χ1v) is 8.31. The van der Waals surface area contributed by atoms with Gasteiger partial charge in [-0.2, -0.15) is 0 Å². The van der Waals surface area contributed by atoms with Gasteiger partial charge in [-0.15, -0.1) is 0 Å². The molecule has 24 heavy (non-hydrogen) atoms. The van der Waals surface area contributed by atoms with Crippen molar-refractivity contribution in [3.05, 3.63) is 35.2 Å². The van der Waals surface area contributed by atoms with E-state index in [9.17, 15) is 9.59 Å². The molecule has 0 atom stereocenters. The first-order chi connectivity index (χ1) is 11.6. The fourth-order valence-electron chi connectivity index (χ4n) is 2.75. The van der Waals surface area contributed by atoms with E-state index < -0.39 is 0 Å². The molecule has 0 radical (unpaired) electrons. The largest absolute Gasteiger partial charge is 0.450 e. The summed E-state index contributed by atoms with van der Waals surface area (Å²) in [6.07, 6.45) is 4.47. The zero-order valence-corrected chi connectivity index (χ0v) is 14.1. The first-order valence-electron chi connectivity index (χ1n) is 7.93. The van der Waals surface area contributed by atoms with Crippen LogP contribution in [-0.4, -0.2) is 52.0 Å². The number of imidazole rings is 1. The van der Waals surface area contributed by atoms with E-state index in [1.807, 2.05) is 0 Å². The number of amides is 2. The highest BCUT2D eigenvalue weighted by atomic mass is 35.5. The van der Waals surface area contributed by atoms with Gasteiger partial charge in [0.15, 0.2) is 0 Å². The summed E-state index contributed by atoms with van der Waals surface area (Å²) in [6.45, 7) is 3.30. The molecule has 0 unspecified atom stereocenters. The van der Waals surface area contributed by atoms with Crippen LogP contribution < -0.4 is 5.32 Å². The molecular weight excluding hydrogens is 332 g/mol. The number of nitrogens with zero attached hydrogens (tertiary/aromatic N) is 3. The van der Waals surface area contributed by atoms with Crippen molar-refractivity contribution in [3.63, 3.8) is 0 Å². The van der Waals surface area contributed by atoms with E-state index in [0.717, 1.165) is 0 Å². The van der Waals surface area contributed by atoms with Gasteiger partial charge in [-0.1, -0.05) is 11.6 Å². The molecule has 0 spiro atoms. The molecular formula is C16H19ClN4O3. The number of nitrogens with one attached hydrogen (secondary N) is 1. The number of aromatic nitrogens is 2. The number of fused-ring (bicyclic) bond motifs is 1. The van der Waals surface area contributed by atoms with Crippen LogP contribution in [0, 0.1) is 0 Å². The molecule has 0 aromatic carbocycles. The van der Waals surface area contributed by atoms with Crippen LogP contribution in [0.5, 0.6) is 0 Å². The molecule has 7 nitrogen and oxygen atoms in total. The summed E-state index contributed by atoms with van der Waals surface area (Å²) in [7, 11) is 0. The lowest BCUT2D eigenvalue weighted by Crippen LogP contribution is -2.46. The molecule has 3 heterocycles. The van der Waals surface area contributed by atoms with Gasteiger partial charge in [0.1, 0.15) is 11.3 Å². The van der Waals surface area contributed by atoms with E-state index in [4.69, 9.17) is 16.3 Å². The van der Waals surface area contributed by atoms with Gasteiger partial charge in [0.05, 0.1) is 11.6 Å². The molecule has 0 bridgehead atoms. The van der Waals surface area contributed by atoms with Gasteiger partial charge in [0.25, 0.3) is 5.91 Å². The third-order valence-electron chi connectivity index (χ3n) is 4.00. The molecule has 1 saturated heterocycles. The lowest BCUT2D eigenvalue weighted by atomic mass is 10.1. The van der Waals surface area contributed by atoms with Crippen LogP contribution in [0.3, 0.4) is 0 Å². The Bertz CT molecular complexity index is 753. The van der Waals surface area contributed by atoms with Crippen LogP contribution in [0.15, 0.2) is 24.5 Å². The van der Waals surface area contributed by atoms with Crippen molar-refractivity contribution in [1.82, 2.24) is 19.6 Å². The van der Waals surface area contributed by atoms with E-state index in [0.29, 0.717) is 48.9 Å². The Morgan fingerprint density at radius 1 is 1.33 bits per heavy atom. The van der Waals surface area contributed by atoms with Gasteiger partial charge < -0.3 is 19.4 Å². The minimum absolute atomic E-state index is 0.0246. The second-order valence-corrected chi connectivity index (χ2v) is 6.11. The number of pyridine rings is 1. The molecule has 2 aromatic heterocycles. The van der Waals surface area contributed by atoms with E-state index in [1.165, 1.54) is 0 Å². The summed E-state index contributed by atoms with van der Waals surface area (Å²) in [6, 6.07) is 3.52. The molecule has 1 aliphatic heterocycles. The Hall–Kier alpha value is -2.28. The molecule has 0 aliphatic carbocycles. The molecule has 1 fully saturated rings. The number of carbonyl (C=O) groups is 2. The third-order valence-corrected chi connectivity index (χ3v) is 4.23.